The number of unbranched alkanes of at least 4 members (excludes halogenated alkanes) is 60. The third-order valence-electron chi connectivity index (χ3n) is 18.7. The quantitative estimate of drug-likeness (QED) is 0.0320. The zero-order valence-corrected chi connectivity index (χ0v) is 58.6. The zero-order chi connectivity index (χ0) is 62.0. The van der Waals surface area contributed by atoms with E-state index in [1.165, 1.54) is 372 Å². The van der Waals surface area contributed by atoms with Gasteiger partial charge in [-0.25, -0.2) is 0 Å². The lowest BCUT2D eigenvalue weighted by molar-refractivity contribution is -0.143. The second-order valence-corrected chi connectivity index (χ2v) is 27.4. The fourth-order valence-electron chi connectivity index (χ4n) is 12.7. The Kier molecular flexibility index (Phi) is 74.3. The summed E-state index contributed by atoms with van der Waals surface area (Å²) in [4.78, 5) is 24.7. The van der Waals surface area contributed by atoms with Crippen molar-refractivity contribution in [3.05, 3.63) is 24.3 Å². The highest BCUT2D eigenvalue weighted by atomic mass is 16.5. The summed E-state index contributed by atoms with van der Waals surface area (Å²) in [5.74, 6) is -0.0185. The second-order valence-electron chi connectivity index (χ2n) is 27.4. The van der Waals surface area contributed by atoms with Gasteiger partial charge >= 0.3 is 5.97 Å². The Hall–Kier alpha value is -1.66. The van der Waals surface area contributed by atoms with Crippen molar-refractivity contribution in [2.45, 2.75) is 463 Å². The number of esters is 1. The fourth-order valence-corrected chi connectivity index (χ4v) is 12.7. The van der Waals surface area contributed by atoms with Gasteiger partial charge in [-0.3, -0.25) is 9.59 Å². The normalized spacial score (nSPS) is 12.6. The summed E-state index contributed by atoms with van der Waals surface area (Å²) < 4.78 is 5.51. The largest absolute Gasteiger partial charge is 0.466 e. The van der Waals surface area contributed by atoms with Gasteiger partial charge in [0.25, 0.3) is 0 Å². The summed E-state index contributed by atoms with van der Waals surface area (Å²) >= 11 is 0. The Morgan fingerprint density at radius 2 is 0.547 bits per heavy atom. The van der Waals surface area contributed by atoms with E-state index in [9.17, 15) is 19.8 Å². The number of hydrogen-bond donors (Lipinski definition) is 3. The van der Waals surface area contributed by atoms with E-state index in [2.05, 4.69) is 43.5 Å². The van der Waals surface area contributed by atoms with Gasteiger partial charge in [0, 0.05) is 12.8 Å². The minimum absolute atomic E-state index is 0.0127. The number of carbonyl (C=O) groups excluding carboxylic acids is 2. The van der Waals surface area contributed by atoms with Crippen LogP contribution in [0.15, 0.2) is 24.3 Å². The molecule has 0 saturated heterocycles. The average Bonchev–Trinajstić information content (AvgIpc) is 3.56. The van der Waals surface area contributed by atoms with Crippen LogP contribution in [0.25, 0.3) is 0 Å². The second kappa shape index (κ2) is 75.8. The Labute approximate surface area is 539 Å². The van der Waals surface area contributed by atoms with E-state index in [0.29, 0.717) is 25.9 Å². The number of aliphatic hydroxyl groups is 2. The molecule has 3 N–H and O–H groups in total. The molecule has 2 unspecified atom stereocenters. The molecule has 0 bridgehead atoms. The smallest absolute Gasteiger partial charge is 0.305 e. The van der Waals surface area contributed by atoms with Crippen molar-refractivity contribution in [1.29, 1.82) is 0 Å². The maximum atomic E-state index is 12.6. The van der Waals surface area contributed by atoms with E-state index in [1.54, 1.807) is 0 Å². The van der Waals surface area contributed by atoms with Crippen molar-refractivity contribution in [2.75, 3.05) is 13.2 Å². The van der Waals surface area contributed by atoms with E-state index in [4.69, 9.17) is 4.74 Å². The monoisotopic (exact) mass is 1210 g/mol. The van der Waals surface area contributed by atoms with Crippen molar-refractivity contribution in [2.24, 2.45) is 0 Å². The highest BCUT2D eigenvalue weighted by molar-refractivity contribution is 5.76. The molecular formula is C80H155NO5. The highest BCUT2D eigenvalue weighted by Gasteiger charge is 2.20. The van der Waals surface area contributed by atoms with Crippen molar-refractivity contribution in [1.82, 2.24) is 5.32 Å². The van der Waals surface area contributed by atoms with Gasteiger partial charge in [-0.1, -0.05) is 385 Å². The van der Waals surface area contributed by atoms with Crippen LogP contribution in [0.1, 0.15) is 450 Å². The van der Waals surface area contributed by atoms with Crippen LogP contribution in [0.3, 0.4) is 0 Å². The number of aliphatic hydroxyl groups excluding tert-OH is 2. The van der Waals surface area contributed by atoms with Gasteiger partial charge in [-0.2, -0.15) is 0 Å². The molecule has 0 heterocycles. The summed E-state index contributed by atoms with van der Waals surface area (Å²) in [5, 5.41) is 23.5. The molecule has 0 aliphatic carbocycles. The standard InChI is InChI=1S/C80H155NO5/c1-3-5-7-9-11-13-15-17-19-21-23-24-25-28-31-34-37-40-44-48-52-56-60-64-68-72-78(83)77(76-82)81-79(84)73-69-65-61-57-53-49-45-41-38-35-32-29-26-27-30-33-36-39-43-47-51-55-59-63-67-71-75-86-80(85)74-70-66-62-58-54-50-46-42-22-20-18-16-14-12-10-8-6-4-2/h20,22,26,29,77-78,82-83H,3-19,21,23-25,27-28,30-76H2,1-2H3,(H,81,84)/b22-20-,29-26-. The first-order valence-corrected chi connectivity index (χ1v) is 39.6. The maximum Gasteiger partial charge on any atom is 0.305 e. The molecule has 6 heteroatoms. The van der Waals surface area contributed by atoms with Gasteiger partial charge in [0.15, 0.2) is 0 Å². The molecule has 0 spiro atoms. The van der Waals surface area contributed by atoms with Gasteiger partial charge in [0.05, 0.1) is 25.4 Å². The van der Waals surface area contributed by atoms with E-state index < -0.39 is 12.1 Å². The highest BCUT2D eigenvalue weighted by Crippen LogP contribution is 2.20. The Balaban J connectivity index is 3.38. The summed E-state index contributed by atoms with van der Waals surface area (Å²) in [6, 6.07) is -0.545. The molecule has 0 aromatic rings. The minimum Gasteiger partial charge on any atom is -0.466 e. The molecule has 0 aliphatic rings. The van der Waals surface area contributed by atoms with Crippen LogP contribution in [0, 0.1) is 0 Å². The number of hydrogen-bond acceptors (Lipinski definition) is 5. The van der Waals surface area contributed by atoms with Crippen molar-refractivity contribution >= 4 is 11.9 Å². The molecule has 0 aromatic heterocycles. The lowest BCUT2D eigenvalue weighted by Crippen LogP contribution is -2.45. The van der Waals surface area contributed by atoms with Crippen molar-refractivity contribution in [3.8, 4) is 0 Å². The van der Waals surface area contributed by atoms with E-state index in [-0.39, 0.29) is 18.5 Å². The lowest BCUT2D eigenvalue weighted by Gasteiger charge is -2.22. The van der Waals surface area contributed by atoms with E-state index >= 15 is 0 Å². The Bertz CT molecular complexity index is 1350. The predicted octanol–water partition coefficient (Wildman–Crippen LogP) is 26.0. The number of allylic oxidation sites excluding steroid dienone is 4. The third kappa shape index (κ3) is 71.4. The summed E-state index contributed by atoms with van der Waals surface area (Å²) in [7, 11) is 0. The molecule has 1 amide bonds. The molecule has 0 fully saturated rings. The summed E-state index contributed by atoms with van der Waals surface area (Å²) in [6.07, 6.45) is 96.9. The number of ether oxygens (including phenoxy) is 1. The van der Waals surface area contributed by atoms with Gasteiger partial charge < -0.3 is 20.3 Å². The minimum atomic E-state index is -0.667. The van der Waals surface area contributed by atoms with Crippen LogP contribution in [0.2, 0.25) is 0 Å². The molecule has 510 valence electrons. The number of amides is 1. The van der Waals surface area contributed by atoms with Crippen molar-refractivity contribution < 1.29 is 24.5 Å². The van der Waals surface area contributed by atoms with Crippen LogP contribution in [0.4, 0.5) is 0 Å². The van der Waals surface area contributed by atoms with Gasteiger partial charge in [-0.05, 0) is 77.0 Å². The molecule has 6 nitrogen and oxygen atoms in total. The molecule has 0 aromatic carbocycles. The predicted molar refractivity (Wildman–Crippen MR) is 380 cm³/mol. The van der Waals surface area contributed by atoms with E-state index in [0.717, 1.165) is 44.9 Å². The third-order valence-corrected chi connectivity index (χ3v) is 18.7. The van der Waals surface area contributed by atoms with Gasteiger partial charge in [0.1, 0.15) is 0 Å². The SMILES string of the molecule is CCCCCCCCC/C=C\CCCCCCCCCC(=O)OCCCCCCCCCCCCCC/C=C\CCCCCCCCCCCCC(=O)NC(CO)C(O)CCCCCCCCCCCCCCCCCCCCCCCCCCC. The summed E-state index contributed by atoms with van der Waals surface area (Å²) in [5.41, 5.74) is 0. The Morgan fingerprint density at radius 3 is 0.826 bits per heavy atom. The Morgan fingerprint density at radius 1 is 0.314 bits per heavy atom. The average molecular weight is 1210 g/mol. The number of nitrogens with one attached hydrogen (secondary N) is 1. The first-order chi connectivity index (χ1) is 42.5. The van der Waals surface area contributed by atoms with Crippen LogP contribution in [0.5, 0.6) is 0 Å². The van der Waals surface area contributed by atoms with Crippen molar-refractivity contribution in [3.63, 3.8) is 0 Å². The number of rotatable bonds is 75. The molecule has 0 aliphatic heterocycles. The fraction of sp³-hybridized carbons (Fsp3) is 0.925. The molecule has 2 atom stereocenters. The molecule has 0 rings (SSSR count). The topological polar surface area (TPSA) is 95.9 Å². The van der Waals surface area contributed by atoms with Crippen LogP contribution in [-0.4, -0.2) is 47.4 Å². The lowest BCUT2D eigenvalue weighted by atomic mass is 10.0. The van der Waals surface area contributed by atoms with Crippen LogP contribution >= 0.6 is 0 Å². The van der Waals surface area contributed by atoms with Crippen LogP contribution < -0.4 is 5.32 Å². The molecule has 0 saturated carbocycles. The molecule has 0 radical (unpaired) electrons. The van der Waals surface area contributed by atoms with Gasteiger partial charge in [-0.15, -0.1) is 0 Å². The number of carbonyl (C=O) groups is 2. The van der Waals surface area contributed by atoms with Gasteiger partial charge in [0.2, 0.25) is 5.91 Å². The maximum absolute atomic E-state index is 12.6. The first-order valence-electron chi connectivity index (χ1n) is 39.6. The molecular weight excluding hydrogens is 1050 g/mol. The van der Waals surface area contributed by atoms with Crippen LogP contribution in [-0.2, 0) is 14.3 Å². The first kappa shape index (κ1) is 84.3. The zero-order valence-electron chi connectivity index (χ0n) is 58.6. The molecule has 86 heavy (non-hydrogen) atoms. The van der Waals surface area contributed by atoms with E-state index in [1.807, 2.05) is 0 Å². The summed E-state index contributed by atoms with van der Waals surface area (Å²) in [6.45, 7) is 5.00.